The molecule has 0 radical (unpaired) electrons. The van der Waals surface area contributed by atoms with E-state index in [2.05, 4.69) is 30.5 Å². The van der Waals surface area contributed by atoms with Crippen LogP contribution in [0.1, 0.15) is 33.1 Å². The summed E-state index contributed by atoms with van der Waals surface area (Å²) in [5, 5.41) is 8.44. The first-order chi connectivity index (χ1) is 15.6. The average Bonchev–Trinajstić information content (AvgIpc) is 3.41. The Balaban J connectivity index is 1.48. The molecule has 0 saturated carbocycles. The number of rotatable bonds is 10. The minimum Gasteiger partial charge on any atom is -0.489 e. The van der Waals surface area contributed by atoms with Gasteiger partial charge in [0.1, 0.15) is 12.3 Å². The maximum Gasteiger partial charge on any atom is 0.253 e. The maximum atomic E-state index is 14.6. The van der Waals surface area contributed by atoms with Crippen LogP contribution in [-0.4, -0.2) is 74.4 Å². The fourth-order valence-electron chi connectivity index (χ4n) is 3.91. The van der Waals surface area contributed by atoms with Gasteiger partial charge < -0.3 is 9.72 Å². The highest BCUT2D eigenvalue weighted by Crippen LogP contribution is 2.29. The van der Waals surface area contributed by atoms with E-state index in [1.165, 1.54) is 31.5 Å². The molecule has 1 aromatic carbocycles. The number of aromatic nitrogens is 4. The van der Waals surface area contributed by atoms with Gasteiger partial charge in [-0.05, 0) is 39.8 Å². The summed E-state index contributed by atoms with van der Waals surface area (Å²) in [5.41, 5.74) is 4.83. The monoisotopic (exact) mass is 445 g/mol. The second kappa shape index (κ2) is 9.94. The molecule has 1 fully saturated rings. The van der Waals surface area contributed by atoms with Gasteiger partial charge in [-0.15, -0.1) is 5.01 Å². The van der Waals surface area contributed by atoms with E-state index in [0.29, 0.717) is 52.9 Å². The minimum atomic E-state index is -0.443. The van der Waals surface area contributed by atoms with Gasteiger partial charge >= 0.3 is 0 Å². The summed E-state index contributed by atoms with van der Waals surface area (Å²) >= 11 is 0. The van der Waals surface area contributed by atoms with Crippen LogP contribution in [0, 0.1) is 10.7 Å². The molecule has 11 heteroatoms. The van der Waals surface area contributed by atoms with Crippen LogP contribution in [-0.2, 0) is 0 Å². The predicted octanol–water partition coefficient (Wildman–Crippen LogP) is 3.32. The molecule has 1 aliphatic rings. The van der Waals surface area contributed by atoms with Crippen LogP contribution in [0.3, 0.4) is 0 Å². The number of benzene rings is 1. The van der Waals surface area contributed by atoms with Crippen LogP contribution in [0.15, 0.2) is 18.3 Å². The molecule has 3 N–H and O–H groups in total. The number of nitroso groups, excluding NO2 is 1. The van der Waals surface area contributed by atoms with E-state index in [-0.39, 0.29) is 5.75 Å². The number of likely N-dealkylation sites (tertiary alicyclic amines) is 1. The van der Waals surface area contributed by atoms with E-state index in [1.807, 2.05) is 13.8 Å². The third-order valence-corrected chi connectivity index (χ3v) is 5.73. The lowest BCUT2D eigenvalue weighted by Gasteiger charge is -2.26. The van der Waals surface area contributed by atoms with E-state index in [4.69, 9.17) is 4.74 Å². The maximum absolute atomic E-state index is 14.6. The van der Waals surface area contributed by atoms with Gasteiger partial charge in [-0.25, -0.2) is 9.37 Å². The molecule has 3 heterocycles. The number of H-pyrrole nitrogens is 2. The lowest BCUT2D eigenvalue weighted by atomic mass is 10.1. The van der Waals surface area contributed by atoms with Crippen LogP contribution in [0.2, 0.25) is 0 Å². The number of anilines is 1. The quantitative estimate of drug-likeness (QED) is 0.325. The second-order valence-corrected chi connectivity index (χ2v) is 7.82. The lowest BCUT2D eigenvalue weighted by Crippen LogP contribution is -2.36. The third-order valence-electron chi connectivity index (χ3n) is 5.73. The Kier molecular flexibility index (Phi) is 6.84. The molecule has 10 nitrogen and oxygen atoms in total. The van der Waals surface area contributed by atoms with Gasteiger partial charge in [0.05, 0.1) is 35.2 Å². The number of imidazole rings is 1. The molecule has 0 amide bonds. The normalized spacial score (nSPS) is 14.6. The molecule has 1 aliphatic heterocycles. The highest BCUT2D eigenvalue weighted by atomic mass is 19.1. The zero-order chi connectivity index (χ0) is 22.5. The smallest absolute Gasteiger partial charge is 0.253 e. The summed E-state index contributed by atoms with van der Waals surface area (Å²) in [5.74, 6) is 0.183. The Morgan fingerprint density at radius 1 is 1.25 bits per heavy atom. The number of halogens is 1. The van der Waals surface area contributed by atoms with Crippen LogP contribution in [0.25, 0.3) is 22.6 Å². The van der Waals surface area contributed by atoms with Crippen molar-refractivity contribution in [3.05, 3.63) is 29.1 Å². The van der Waals surface area contributed by atoms with Gasteiger partial charge in [0, 0.05) is 18.7 Å². The van der Waals surface area contributed by atoms with Crippen molar-refractivity contribution in [2.45, 2.75) is 33.1 Å². The molecular weight excluding hydrogens is 415 g/mol. The number of hydrogen-bond acceptors (Lipinski definition) is 5. The molecular formula is C21H30FN8O2+. The largest absolute Gasteiger partial charge is 0.489 e. The number of hydrogen-bond donors (Lipinski definition) is 3. The molecule has 0 bridgehead atoms. The molecule has 0 spiro atoms. The first kappa shape index (κ1) is 22.0. The van der Waals surface area contributed by atoms with Gasteiger partial charge in [0.25, 0.3) is 4.98 Å². The van der Waals surface area contributed by atoms with E-state index in [9.17, 15) is 9.30 Å². The fourth-order valence-corrected chi connectivity index (χ4v) is 3.91. The minimum absolute atomic E-state index is 0.183. The number of nitrogens with one attached hydrogen (secondary N) is 3. The summed E-state index contributed by atoms with van der Waals surface area (Å²) in [6.07, 6.45) is 5.20. The summed E-state index contributed by atoms with van der Waals surface area (Å²) in [4.78, 5) is 23.0. The van der Waals surface area contributed by atoms with Crippen molar-refractivity contribution >= 4 is 16.7 Å². The van der Waals surface area contributed by atoms with Crippen molar-refractivity contribution in [2.24, 2.45) is 0 Å². The SMILES string of the molecule is CCN(CC)[N+](=O)Nc1cn[nH]c1-c1nc2cc(OCCN3CCCCC3)c(F)cc2[nH]1. The Hall–Kier alpha value is -3.21. The first-order valence-electron chi connectivity index (χ1n) is 11.2. The Labute approximate surface area is 185 Å². The van der Waals surface area contributed by atoms with Crippen molar-refractivity contribution < 1.29 is 14.1 Å². The zero-order valence-electron chi connectivity index (χ0n) is 18.5. The van der Waals surface area contributed by atoms with Crippen molar-refractivity contribution in [2.75, 3.05) is 44.8 Å². The molecule has 3 aromatic rings. The van der Waals surface area contributed by atoms with E-state index in [0.717, 1.165) is 19.6 Å². The van der Waals surface area contributed by atoms with Gasteiger partial charge in [0.2, 0.25) is 0 Å². The van der Waals surface area contributed by atoms with Crippen LogP contribution >= 0.6 is 0 Å². The van der Waals surface area contributed by atoms with E-state index in [1.54, 1.807) is 11.1 Å². The Morgan fingerprint density at radius 3 is 2.78 bits per heavy atom. The second-order valence-electron chi connectivity index (χ2n) is 7.82. The average molecular weight is 446 g/mol. The lowest BCUT2D eigenvalue weighted by molar-refractivity contribution is -0.683. The molecule has 0 atom stereocenters. The molecule has 172 valence electrons. The first-order valence-corrected chi connectivity index (χ1v) is 11.2. The van der Waals surface area contributed by atoms with Crippen molar-refractivity contribution in [3.63, 3.8) is 0 Å². The molecule has 0 unspecified atom stereocenters. The summed E-state index contributed by atoms with van der Waals surface area (Å²) in [6, 6.07) is 2.97. The van der Waals surface area contributed by atoms with Gasteiger partial charge in [-0.1, -0.05) is 11.8 Å². The number of fused-ring (bicyclic) bond motifs is 1. The van der Waals surface area contributed by atoms with Gasteiger partial charge in [-0.3, -0.25) is 10.00 Å². The van der Waals surface area contributed by atoms with Crippen molar-refractivity contribution in [1.29, 1.82) is 0 Å². The Morgan fingerprint density at radius 2 is 2.03 bits per heavy atom. The van der Waals surface area contributed by atoms with Crippen LogP contribution in [0.5, 0.6) is 5.75 Å². The number of piperidine rings is 1. The number of aromatic amines is 2. The molecule has 32 heavy (non-hydrogen) atoms. The van der Waals surface area contributed by atoms with Crippen molar-refractivity contribution in [3.8, 4) is 17.3 Å². The van der Waals surface area contributed by atoms with E-state index >= 15 is 0 Å². The summed E-state index contributed by atoms with van der Waals surface area (Å²) in [7, 11) is 0. The standard InChI is InChI=1S/C21H30FN8O2/c1-3-29(4-2)30(31)27-18-14-23-26-20(18)21-24-16-12-15(22)19(13-17(16)25-21)32-11-10-28-8-6-5-7-9-28/h12-14H,3-11H2,1-2H3,(H,23,26)(H,24,25)(H,27,31)/q+1. The molecule has 0 aliphatic carbocycles. The Bertz CT molecular complexity index is 1060. The summed E-state index contributed by atoms with van der Waals surface area (Å²) in [6.45, 7) is 8.27. The number of nitrogens with zero attached hydrogens (tertiary/aromatic N) is 5. The fraction of sp³-hybridized carbons (Fsp3) is 0.524. The number of hydrazine groups is 2. The molecule has 1 saturated heterocycles. The summed E-state index contributed by atoms with van der Waals surface area (Å²) < 4.78 is 20.3. The van der Waals surface area contributed by atoms with E-state index < -0.39 is 5.82 Å². The van der Waals surface area contributed by atoms with Gasteiger partial charge in [-0.2, -0.15) is 5.10 Å². The third kappa shape index (κ3) is 4.82. The molecule has 4 rings (SSSR count). The van der Waals surface area contributed by atoms with Crippen LogP contribution < -0.4 is 10.2 Å². The highest BCUT2D eigenvalue weighted by Gasteiger charge is 2.22. The highest BCUT2D eigenvalue weighted by molar-refractivity contribution is 5.82. The van der Waals surface area contributed by atoms with Gasteiger partial charge in [0.15, 0.2) is 23.1 Å². The topological polar surface area (TPSA) is 105 Å². The zero-order valence-corrected chi connectivity index (χ0v) is 18.5. The van der Waals surface area contributed by atoms with Crippen molar-refractivity contribution in [1.82, 2.24) is 30.1 Å². The predicted molar refractivity (Wildman–Crippen MR) is 120 cm³/mol. The molecule has 2 aromatic heterocycles. The number of ether oxygens (including phenoxy) is 1. The van der Waals surface area contributed by atoms with Crippen LogP contribution in [0.4, 0.5) is 10.1 Å².